The number of piperazine rings is 1. The standard InChI is InChI=1S/C21H26ClN3O3S2/c22-19-7-6-18(29-19)16-23-8-10-25(11-9-23)21(26)20(17-4-2-1-3-5-17)24-12-14-30(27,28)15-13-24/h1-7,20H,8-16H2. The number of carbonyl (C=O) groups is 1. The van der Waals surface area contributed by atoms with E-state index in [-0.39, 0.29) is 17.4 Å². The minimum Gasteiger partial charge on any atom is -0.338 e. The maximum Gasteiger partial charge on any atom is 0.244 e. The Labute approximate surface area is 187 Å². The molecule has 2 fully saturated rings. The fraction of sp³-hybridized carbons (Fsp3) is 0.476. The van der Waals surface area contributed by atoms with Crippen LogP contribution in [0.3, 0.4) is 0 Å². The van der Waals surface area contributed by atoms with Gasteiger partial charge in [0, 0.05) is 50.7 Å². The monoisotopic (exact) mass is 467 g/mol. The second-order valence-corrected chi connectivity index (χ2v) is 11.9. The first kappa shape index (κ1) is 21.8. The van der Waals surface area contributed by atoms with Crippen LogP contribution in [0, 0.1) is 0 Å². The van der Waals surface area contributed by atoms with Crippen molar-refractivity contribution in [3.05, 3.63) is 57.2 Å². The summed E-state index contributed by atoms with van der Waals surface area (Å²) in [6.07, 6.45) is 0. The highest BCUT2D eigenvalue weighted by molar-refractivity contribution is 7.91. The molecule has 4 rings (SSSR count). The van der Waals surface area contributed by atoms with Gasteiger partial charge in [0.2, 0.25) is 5.91 Å². The summed E-state index contributed by atoms with van der Waals surface area (Å²) in [4.78, 5) is 21.1. The van der Waals surface area contributed by atoms with E-state index in [0.29, 0.717) is 26.2 Å². The van der Waals surface area contributed by atoms with E-state index in [0.717, 1.165) is 29.5 Å². The topological polar surface area (TPSA) is 60.9 Å². The van der Waals surface area contributed by atoms with Gasteiger partial charge in [-0.05, 0) is 17.7 Å². The summed E-state index contributed by atoms with van der Waals surface area (Å²) in [5.74, 6) is 0.293. The number of carbonyl (C=O) groups excluding carboxylic acids is 1. The summed E-state index contributed by atoms with van der Waals surface area (Å²) in [6.45, 7) is 4.63. The summed E-state index contributed by atoms with van der Waals surface area (Å²) < 4.78 is 24.6. The van der Waals surface area contributed by atoms with E-state index in [4.69, 9.17) is 11.6 Å². The van der Waals surface area contributed by atoms with Crippen LogP contribution in [0.4, 0.5) is 0 Å². The van der Waals surface area contributed by atoms with Crippen LogP contribution in [0.15, 0.2) is 42.5 Å². The van der Waals surface area contributed by atoms with Gasteiger partial charge in [-0.15, -0.1) is 11.3 Å². The van der Waals surface area contributed by atoms with Crippen LogP contribution >= 0.6 is 22.9 Å². The lowest BCUT2D eigenvalue weighted by Gasteiger charge is -2.40. The third kappa shape index (κ3) is 5.23. The fourth-order valence-electron chi connectivity index (χ4n) is 4.09. The molecule has 0 aliphatic carbocycles. The molecule has 0 bridgehead atoms. The highest BCUT2D eigenvalue weighted by Gasteiger charge is 2.35. The molecule has 0 saturated carbocycles. The molecule has 1 atom stereocenters. The molecular weight excluding hydrogens is 442 g/mol. The summed E-state index contributed by atoms with van der Waals surface area (Å²) in [5, 5.41) is 0. The van der Waals surface area contributed by atoms with E-state index in [2.05, 4.69) is 11.0 Å². The van der Waals surface area contributed by atoms with Crippen molar-refractivity contribution in [1.29, 1.82) is 0 Å². The van der Waals surface area contributed by atoms with E-state index in [1.54, 1.807) is 11.3 Å². The third-order valence-electron chi connectivity index (χ3n) is 5.79. The van der Waals surface area contributed by atoms with Crippen LogP contribution in [0.5, 0.6) is 0 Å². The largest absolute Gasteiger partial charge is 0.338 e. The Balaban J connectivity index is 1.43. The van der Waals surface area contributed by atoms with Crippen molar-refractivity contribution in [2.45, 2.75) is 12.6 Å². The average molecular weight is 468 g/mol. The minimum atomic E-state index is -3.00. The first-order valence-corrected chi connectivity index (χ1v) is 13.2. The smallest absolute Gasteiger partial charge is 0.244 e. The van der Waals surface area contributed by atoms with Crippen molar-refractivity contribution in [2.75, 3.05) is 50.8 Å². The Bertz CT molecular complexity index is 958. The zero-order valence-electron chi connectivity index (χ0n) is 16.7. The summed E-state index contributed by atoms with van der Waals surface area (Å²) in [5.41, 5.74) is 0.928. The van der Waals surface area contributed by atoms with Crippen LogP contribution in [0.1, 0.15) is 16.5 Å². The maximum atomic E-state index is 13.5. The zero-order chi connectivity index (χ0) is 21.1. The molecule has 162 valence electrons. The first-order chi connectivity index (χ1) is 14.4. The van der Waals surface area contributed by atoms with Crippen molar-refractivity contribution in [3.8, 4) is 0 Å². The number of benzene rings is 1. The Morgan fingerprint density at radius 3 is 2.23 bits per heavy atom. The molecule has 0 N–H and O–H groups in total. The number of halogens is 1. The molecule has 3 heterocycles. The minimum absolute atomic E-state index is 0.0688. The molecule has 1 aromatic heterocycles. The number of amides is 1. The molecular formula is C21H26ClN3O3S2. The number of nitrogens with zero attached hydrogens (tertiary/aromatic N) is 3. The van der Waals surface area contributed by atoms with Gasteiger partial charge in [0.1, 0.15) is 6.04 Å². The van der Waals surface area contributed by atoms with E-state index in [9.17, 15) is 13.2 Å². The van der Waals surface area contributed by atoms with Gasteiger partial charge in [-0.3, -0.25) is 14.6 Å². The van der Waals surface area contributed by atoms with Gasteiger partial charge >= 0.3 is 0 Å². The van der Waals surface area contributed by atoms with Crippen LogP contribution in [0.2, 0.25) is 4.34 Å². The van der Waals surface area contributed by atoms with Crippen molar-refractivity contribution in [3.63, 3.8) is 0 Å². The maximum absolute atomic E-state index is 13.5. The number of hydrogen-bond acceptors (Lipinski definition) is 6. The van der Waals surface area contributed by atoms with Gasteiger partial charge in [-0.25, -0.2) is 8.42 Å². The zero-order valence-corrected chi connectivity index (χ0v) is 19.1. The van der Waals surface area contributed by atoms with E-state index >= 15 is 0 Å². The lowest BCUT2D eigenvalue weighted by atomic mass is 10.0. The van der Waals surface area contributed by atoms with Crippen LogP contribution in [0.25, 0.3) is 0 Å². The molecule has 30 heavy (non-hydrogen) atoms. The second kappa shape index (κ2) is 9.36. The lowest BCUT2D eigenvalue weighted by Crippen LogP contribution is -2.53. The molecule has 2 aliphatic rings. The summed E-state index contributed by atoms with van der Waals surface area (Å²) >= 11 is 7.63. The SMILES string of the molecule is O=C(C(c1ccccc1)N1CCS(=O)(=O)CC1)N1CCN(Cc2ccc(Cl)s2)CC1. The fourth-order valence-corrected chi connectivity index (χ4v) is 6.45. The van der Waals surface area contributed by atoms with Crippen molar-refractivity contribution in [2.24, 2.45) is 0 Å². The third-order valence-corrected chi connectivity index (χ3v) is 8.61. The highest BCUT2D eigenvalue weighted by Crippen LogP contribution is 2.27. The van der Waals surface area contributed by atoms with Crippen LogP contribution in [-0.4, -0.2) is 79.8 Å². The Morgan fingerprint density at radius 2 is 1.63 bits per heavy atom. The number of sulfone groups is 1. The molecule has 0 radical (unpaired) electrons. The second-order valence-electron chi connectivity index (χ2n) is 7.81. The number of rotatable bonds is 5. The molecule has 2 aliphatic heterocycles. The Morgan fingerprint density at radius 1 is 0.967 bits per heavy atom. The average Bonchev–Trinajstić information content (AvgIpc) is 3.15. The van der Waals surface area contributed by atoms with Crippen LogP contribution in [-0.2, 0) is 21.2 Å². The number of hydrogen-bond donors (Lipinski definition) is 0. The van der Waals surface area contributed by atoms with Crippen molar-refractivity contribution in [1.82, 2.24) is 14.7 Å². The summed E-state index contributed by atoms with van der Waals surface area (Å²) in [7, 11) is -3.00. The molecule has 6 nitrogen and oxygen atoms in total. The van der Waals surface area contributed by atoms with Gasteiger partial charge in [-0.1, -0.05) is 41.9 Å². The Hall–Kier alpha value is -1.45. The molecule has 2 saturated heterocycles. The molecule has 9 heteroatoms. The van der Waals surface area contributed by atoms with E-state index in [1.165, 1.54) is 4.88 Å². The molecule has 0 spiro atoms. The van der Waals surface area contributed by atoms with Gasteiger partial charge < -0.3 is 4.90 Å². The van der Waals surface area contributed by atoms with E-state index < -0.39 is 15.9 Å². The highest BCUT2D eigenvalue weighted by atomic mass is 35.5. The molecule has 2 aromatic rings. The molecule has 1 amide bonds. The van der Waals surface area contributed by atoms with Crippen molar-refractivity contribution >= 4 is 38.7 Å². The van der Waals surface area contributed by atoms with Crippen molar-refractivity contribution < 1.29 is 13.2 Å². The van der Waals surface area contributed by atoms with Gasteiger partial charge in [0.25, 0.3) is 0 Å². The lowest BCUT2D eigenvalue weighted by molar-refractivity contribution is -0.139. The number of thiophene rings is 1. The summed E-state index contributed by atoms with van der Waals surface area (Å²) in [6, 6.07) is 13.3. The first-order valence-electron chi connectivity index (χ1n) is 10.2. The van der Waals surface area contributed by atoms with Gasteiger partial charge in [-0.2, -0.15) is 0 Å². The van der Waals surface area contributed by atoms with E-state index in [1.807, 2.05) is 46.2 Å². The van der Waals surface area contributed by atoms with Gasteiger partial charge in [0.05, 0.1) is 15.8 Å². The Kier molecular flexibility index (Phi) is 6.79. The van der Waals surface area contributed by atoms with Gasteiger partial charge in [0.15, 0.2) is 9.84 Å². The predicted octanol–water partition coefficient (Wildman–Crippen LogP) is 2.52. The predicted molar refractivity (Wildman–Crippen MR) is 121 cm³/mol. The normalized spacial score (nSPS) is 21.4. The van der Waals surface area contributed by atoms with Crippen LogP contribution < -0.4 is 0 Å². The molecule has 1 aromatic carbocycles. The molecule has 1 unspecified atom stereocenters. The quantitative estimate of drug-likeness (QED) is 0.676.